The number of nitrogens with one attached hydrogen (secondary N) is 1. The summed E-state index contributed by atoms with van der Waals surface area (Å²) in [4.78, 5) is 22.9. The Balaban J connectivity index is 2.17. The lowest BCUT2D eigenvalue weighted by Gasteiger charge is -2.15. The average Bonchev–Trinajstić information content (AvgIpc) is 2.89. The first-order chi connectivity index (χ1) is 11.0. The van der Waals surface area contributed by atoms with Crippen LogP contribution in [0.4, 0.5) is 26.3 Å². The van der Waals surface area contributed by atoms with Crippen LogP contribution < -0.4 is 5.32 Å². The highest BCUT2D eigenvalue weighted by atomic mass is 19.4. The molecule has 1 aromatic carbocycles. The third-order valence-corrected chi connectivity index (χ3v) is 3.73. The average molecular weight is 353 g/mol. The maximum atomic E-state index is 12.7. The van der Waals surface area contributed by atoms with Gasteiger partial charge in [0.25, 0.3) is 0 Å². The van der Waals surface area contributed by atoms with E-state index in [4.69, 9.17) is 0 Å². The number of hydrogen-bond acceptors (Lipinski definition) is 2. The third-order valence-electron chi connectivity index (χ3n) is 3.73. The molecule has 1 fully saturated rings. The van der Waals surface area contributed by atoms with E-state index in [-0.39, 0.29) is 30.3 Å². The van der Waals surface area contributed by atoms with Gasteiger partial charge in [0.2, 0.25) is 5.91 Å². The van der Waals surface area contributed by atoms with Gasteiger partial charge in [0, 0.05) is 25.3 Å². The molecule has 1 saturated carbocycles. The monoisotopic (exact) mass is 353 g/mol. The highest BCUT2D eigenvalue weighted by Crippen LogP contribution is 2.36. The SMILES string of the molecule is O=C1CCC(C(=O)NCc2cc(C(F)(F)F)cc(C(F)(F)F)c2)C1. The van der Waals surface area contributed by atoms with Crippen molar-refractivity contribution in [2.45, 2.75) is 38.2 Å². The Morgan fingerprint density at radius 1 is 1.04 bits per heavy atom. The van der Waals surface area contributed by atoms with Gasteiger partial charge >= 0.3 is 12.4 Å². The third kappa shape index (κ3) is 4.48. The van der Waals surface area contributed by atoms with Crippen LogP contribution in [-0.2, 0) is 28.5 Å². The molecule has 0 heterocycles. The summed E-state index contributed by atoms with van der Waals surface area (Å²) >= 11 is 0. The molecule has 1 aromatic rings. The number of amides is 1. The minimum atomic E-state index is -4.93. The van der Waals surface area contributed by atoms with Gasteiger partial charge < -0.3 is 5.32 Å². The predicted molar refractivity (Wildman–Crippen MR) is 70.6 cm³/mol. The van der Waals surface area contributed by atoms with Crippen LogP contribution in [0.3, 0.4) is 0 Å². The minimum Gasteiger partial charge on any atom is -0.352 e. The van der Waals surface area contributed by atoms with Gasteiger partial charge in [0.1, 0.15) is 5.78 Å². The Hall–Kier alpha value is -2.06. The Morgan fingerprint density at radius 3 is 2.00 bits per heavy atom. The van der Waals surface area contributed by atoms with Crippen molar-refractivity contribution in [2.24, 2.45) is 5.92 Å². The molecule has 3 nitrogen and oxygen atoms in total. The van der Waals surface area contributed by atoms with Crippen molar-refractivity contribution in [3.63, 3.8) is 0 Å². The minimum absolute atomic E-state index is 0.0287. The van der Waals surface area contributed by atoms with E-state index >= 15 is 0 Å². The van der Waals surface area contributed by atoms with Gasteiger partial charge in [-0.15, -0.1) is 0 Å². The molecule has 0 bridgehead atoms. The summed E-state index contributed by atoms with van der Waals surface area (Å²) in [6, 6.07) is 1.16. The van der Waals surface area contributed by atoms with Gasteiger partial charge in [-0.25, -0.2) is 0 Å². The summed E-state index contributed by atoms with van der Waals surface area (Å²) in [5, 5.41) is 2.29. The number of rotatable bonds is 3. The van der Waals surface area contributed by atoms with Crippen molar-refractivity contribution in [2.75, 3.05) is 0 Å². The van der Waals surface area contributed by atoms with Gasteiger partial charge in [-0.3, -0.25) is 9.59 Å². The molecule has 0 radical (unpaired) electrons. The molecule has 1 atom stereocenters. The number of carbonyl (C=O) groups excluding carboxylic acids is 2. The zero-order valence-electron chi connectivity index (χ0n) is 12.2. The molecule has 24 heavy (non-hydrogen) atoms. The summed E-state index contributed by atoms with van der Waals surface area (Å²) in [6.07, 6.45) is -9.24. The fraction of sp³-hybridized carbons (Fsp3) is 0.467. The van der Waals surface area contributed by atoms with Crippen LogP contribution in [-0.4, -0.2) is 11.7 Å². The van der Waals surface area contributed by atoms with Crippen molar-refractivity contribution >= 4 is 11.7 Å². The van der Waals surface area contributed by atoms with Crippen molar-refractivity contribution in [3.8, 4) is 0 Å². The lowest BCUT2D eigenvalue weighted by Crippen LogP contribution is -2.29. The molecule has 1 N–H and O–H groups in total. The van der Waals surface area contributed by atoms with Crippen LogP contribution in [0.2, 0.25) is 0 Å². The van der Waals surface area contributed by atoms with E-state index in [0.29, 0.717) is 18.6 Å². The van der Waals surface area contributed by atoms with Crippen molar-refractivity contribution < 1.29 is 35.9 Å². The van der Waals surface area contributed by atoms with Gasteiger partial charge in [0.15, 0.2) is 0 Å². The van der Waals surface area contributed by atoms with Crippen LogP contribution in [0.1, 0.15) is 36.0 Å². The highest BCUT2D eigenvalue weighted by molar-refractivity contribution is 5.90. The first-order valence-electron chi connectivity index (χ1n) is 7.04. The summed E-state index contributed by atoms with van der Waals surface area (Å²) in [6.45, 7) is -0.476. The second kappa shape index (κ2) is 6.45. The van der Waals surface area contributed by atoms with Gasteiger partial charge in [0.05, 0.1) is 11.1 Å². The molecule has 0 saturated heterocycles. The number of alkyl halides is 6. The molecule has 0 spiro atoms. The summed E-state index contributed by atoms with van der Waals surface area (Å²) in [5.41, 5.74) is -3.18. The first kappa shape index (κ1) is 18.3. The van der Waals surface area contributed by atoms with E-state index in [9.17, 15) is 35.9 Å². The second-order valence-corrected chi connectivity index (χ2v) is 5.61. The molecular weight excluding hydrogens is 340 g/mol. The molecule has 132 valence electrons. The largest absolute Gasteiger partial charge is 0.416 e. The van der Waals surface area contributed by atoms with Crippen LogP contribution in [0.15, 0.2) is 18.2 Å². The second-order valence-electron chi connectivity index (χ2n) is 5.61. The van der Waals surface area contributed by atoms with Crippen LogP contribution in [0.25, 0.3) is 0 Å². The van der Waals surface area contributed by atoms with E-state index in [1.54, 1.807) is 0 Å². The van der Waals surface area contributed by atoms with Gasteiger partial charge in [-0.1, -0.05) is 0 Å². The van der Waals surface area contributed by atoms with Gasteiger partial charge in [-0.05, 0) is 30.2 Å². The molecule has 1 aliphatic carbocycles. The van der Waals surface area contributed by atoms with E-state index in [1.165, 1.54) is 0 Å². The quantitative estimate of drug-likeness (QED) is 0.842. The van der Waals surface area contributed by atoms with E-state index in [1.807, 2.05) is 0 Å². The topological polar surface area (TPSA) is 46.2 Å². The zero-order valence-corrected chi connectivity index (χ0v) is 12.2. The van der Waals surface area contributed by atoms with Gasteiger partial charge in [-0.2, -0.15) is 26.3 Å². The molecular formula is C15H13F6NO2. The van der Waals surface area contributed by atoms with E-state index in [0.717, 1.165) is 0 Å². The summed E-state index contributed by atoms with van der Waals surface area (Å²) in [5.74, 6) is -1.22. The summed E-state index contributed by atoms with van der Waals surface area (Å²) < 4.78 is 76.4. The first-order valence-corrected chi connectivity index (χ1v) is 7.04. The smallest absolute Gasteiger partial charge is 0.352 e. The fourth-order valence-electron chi connectivity index (χ4n) is 2.49. The van der Waals surface area contributed by atoms with Crippen molar-refractivity contribution in [1.82, 2.24) is 5.32 Å². The lowest BCUT2D eigenvalue weighted by molar-refractivity contribution is -0.143. The summed E-state index contributed by atoms with van der Waals surface area (Å²) in [7, 11) is 0. The predicted octanol–water partition coefficient (Wildman–Crippen LogP) is 3.71. The Morgan fingerprint density at radius 2 is 1.58 bits per heavy atom. The van der Waals surface area contributed by atoms with Crippen LogP contribution in [0, 0.1) is 5.92 Å². The van der Waals surface area contributed by atoms with Crippen LogP contribution >= 0.6 is 0 Å². The Labute approximate surface area is 133 Å². The maximum Gasteiger partial charge on any atom is 0.416 e. The molecule has 1 unspecified atom stereocenters. The molecule has 9 heteroatoms. The lowest BCUT2D eigenvalue weighted by atomic mass is 10.0. The number of benzene rings is 1. The maximum absolute atomic E-state index is 12.7. The molecule has 2 rings (SSSR count). The highest BCUT2D eigenvalue weighted by Gasteiger charge is 2.37. The molecule has 0 aliphatic heterocycles. The van der Waals surface area contributed by atoms with Crippen LogP contribution in [0.5, 0.6) is 0 Å². The number of hydrogen-bond donors (Lipinski definition) is 1. The normalized spacial score (nSPS) is 18.8. The Bertz CT molecular complexity index is 618. The zero-order chi connectivity index (χ0) is 18.1. The molecule has 1 amide bonds. The molecule has 1 aliphatic rings. The number of ketones is 1. The standard InChI is InChI=1S/C15H13F6NO2/c16-14(17,18)10-3-8(4-11(6-10)15(19,20)21)7-22-13(24)9-1-2-12(23)5-9/h3-4,6,9H,1-2,5,7H2,(H,22,24). The molecule has 0 aromatic heterocycles. The van der Waals surface area contributed by atoms with Crippen molar-refractivity contribution in [3.05, 3.63) is 34.9 Å². The number of carbonyl (C=O) groups is 2. The fourth-order valence-corrected chi connectivity index (χ4v) is 2.49. The van der Waals surface area contributed by atoms with Crippen molar-refractivity contribution in [1.29, 1.82) is 0 Å². The van der Waals surface area contributed by atoms with E-state index in [2.05, 4.69) is 5.32 Å². The Kier molecular flexibility index (Phi) is 4.91. The number of Topliss-reactive ketones (excluding diaryl/α,β-unsaturated/α-hetero) is 1. The van der Waals surface area contributed by atoms with E-state index < -0.39 is 41.8 Å². The number of halogens is 6.